The average Bonchev–Trinajstić information content (AvgIpc) is 3.00. The largest absolute Gasteiger partial charge is 0.481 e. The highest BCUT2D eigenvalue weighted by atomic mass is 35.5. The Morgan fingerprint density at radius 3 is 2.77 bits per heavy atom. The van der Waals surface area contributed by atoms with Crippen LogP contribution in [0.4, 0.5) is 5.69 Å². The number of anilines is 1. The molecule has 1 aromatic carbocycles. The minimum atomic E-state index is -0.0513. The van der Waals surface area contributed by atoms with E-state index < -0.39 is 0 Å². The minimum Gasteiger partial charge on any atom is -0.481 e. The fourth-order valence-corrected chi connectivity index (χ4v) is 4.61. The van der Waals surface area contributed by atoms with Crippen LogP contribution in [0.5, 0.6) is 5.88 Å². The van der Waals surface area contributed by atoms with Crippen molar-refractivity contribution in [3.63, 3.8) is 0 Å². The smallest absolute Gasteiger partial charge is 0.328 e. The van der Waals surface area contributed by atoms with Crippen molar-refractivity contribution >= 4 is 34.2 Å². The molecule has 1 aliphatic rings. The number of aromatic nitrogens is 3. The molecule has 1 aliphatic carbocycles. The number of ether oxygens (including phenoxy) is 1. The first kappa shape index (κ1) is 20.5. The number of imidazole rings is 1. The molecule has 0 unspecified atom stereocenters. The number of fused-ring (bicyclic) bond motifs is 1. The third kappa shape index (κ3) is 3.94. The van der Waals surface area contributed by atoms with E-state index in [9.17, 15) is 9.59 Å². The molecule has 0 spiro atoms. The summed E-state index contributed by atoms with van der Waals surface area (Å²) in [5.41, 5.74) is 2.27. The predicted octanol–water partition coefficient (Wildman–Crippen LogP) is 3.84. The highest BCUT2D eigenvalue weighted by Crippen LogP contribution is 2.32. The maximum Gasteiger partial charge on any atom is 0.328 e. The molecule has 8 heteroatoms. The topological polar surface area (TPSA) is 78.1 Å². The number of nitrogens with one attached hydrogen (secondary N) is 1. The molecule has 2 aromatic heterocycles. The minimum absolute atomic E-state index is 0.0239. The van der Waals surface area contributed by atoms with Crippen LogP contribution >= 0.6 is 11.6 Å². The molecule has 0 saturated heterocycles. The lowest BCUT2D eigenvalue weighted by atomic mass is 9.81. The summed E-state index contributed by atoms with van der Waals surface area (Å²) in [6.45, 7) is 0.645. The Bertz CT molecular complexity index is 1130. The van der Waals surface area contributed by atoms with Gasteiger partial charge in [-0.1, -0.05) is 17.7 Å². The number of para-hydroxylation sites is 1. The van der Waals surface area contributed by atoms with E-state index >= 15 is 0 Å². The standard InChI is InChI=1S/C22H25ClN4O3/c1-26-20-17(23)4-3-5-18(20)27(22(26)29)13-14-6-8-15(9-7-14)21(28)25-16-10-11-24-19(12-16)30-2/h3-5,10-12,14-15H,6-9,13H2,1-2H3,(H,24,25,28). The van der Waals surface area contributed by atoms with Crippen molar-refractivity contribution in [2.45, 2.75) is 32.2 Å². The highest BCUT2D eigenvalue weighted by Gasteiger charge is 2.27. The molecule has 1 fully saturated rings. The van der Waals surface area contributed by atoms with Crippen LogP contribution in [0.3, 0.4) is 0 Å². The Hall–Kier alpha value is -2.80. The van der Waals surface area contributed by atoms with E-state index in [0.29, 0.717) is 29.1 Å². The Morgan fingerprint density at radius 2 is 2.03 bits per heavy atom. The molecule has 0 aliphatic heterocycles. The van der Waals surface area contributed by atoms with E-state index in [1.165, 1.54) is 0 Å². The number of halogens is 1. The normalized spacial score (nSPS) is 19.0. The molecule has 1 amide bonds. The van der Waals surface area contributed by atoms with Gasteiger partial charge in [0.2, 0.25) is 11.8 Å². The van der Waals surface area contributed by atoms with Crippen LogP contribution in [0.1, 0.15) is 25.7 Å². The number of amides is 1. The maximum atomic E-state index is 12.7. The lowest BCUT2D eigenvalue weighted by molar-refractivity contribution is -0.121. The van der Waals surface area contributed by atoms with Crippen LogP contribution in [-0.4, -0.2) is 27.1 Å². The second-order valence-electron chi connectivity index (χ2n) is 7.85. The van der Waals surface area contributed by atoms with Crippen molar-refractivity contribution in [1.82, 2.24) is 14.1 Å². The van der Waals surface area contributed by atoms with Crippen LogP contribution in [-0.2, 0) is 18.4 Å². The van der Waals surface area contributed by atoms with Gasteiger partial charge in [-0.3, -0.25) is 13.9 Å². The first-order valence-electron chi connectivity index (χ1n) is 10.1. The third-order valence-electron chi connectivity index (χ3n) is 5.98. The zero-order chi connectivity index (χ0) is 21.3. The number of carbonyl (C=O) groups is 1. The van der Waals surface area contributed by atoms with Crippen molar-refractivity contribution in [3.8, 4) is 5.88 Å². The van der Waals surface area contributed by atoms with Crippen molar-refractivity contribution < 1.29 is 9.53 Å². The molecule has 30 heavy (non-hydrogen) atoms. The first-order valence-corrected chi connectivity index (χ1v) is 10.5. The lowest BCUT2D eigenvalue weighted by Crippen LogP contribution is -2.30. The summed E-state index contributed by atoms with van der Waals surface area (Å²) in [4.78, 5) is 29.4. The second-order valence-corrected chi connectivity index (χ2v) is 8.26. The van der Waals surface area contributed by atoms with Crippen LogP contribution in [0.15, 0.2) is 41.3 Å². The average molecular weight is 429 g/mol. The van der Waals surface area contributed by atoms with Gasteiger partial charge in [0, 0.05) is 37.5 Å². The molecular weight excluding hydrogens is 404 g/mol. The van der Waals surface area contributed by atoms with E-state index in [4.69, 9.17) is 16.3 Å². The van der Waals surface area contributed by atoms with Gasteiger partial charge in [-0.15, -0.1) is 0 Å². The monoisotopic (exact) mass is 428 g/mol. The lowest BCUT2D eigenvalue weighted by Gasteiger charge is -2.28. The number of rotatable bonds is 5. The predicted molar refractivity (Wildman–Crippen MR) is 117 cm³/mol. The van der Waals surface area contributed by atoms with Crippen LogP contribution < -0.4 is 15.7 Å². The molecule has 2 heterocycles. The molecule has 0 atom stereocenters. The Balaban J connectivity index is 1.40. The van der Waals surface area contributed by atoms with Gasteiger partial charge in [0.25, 0.3) is 0 Å². The second kappa shape index (κ2) is 8.52. The van der Waals surface area contributed by atoms with Gasteiger partial charge in [-0.25, -0.2) is 9.78 Å². The number of hydrogen-bond acceptors (Lipinski definition) is 4. The summed E-state index contributed by atoms with van der Waals surface area (Å²) < 4.78 is 8.53. The number of hydrogen-bond donors (Lipinski definition) is 1. The molecule has 0 bridgehead atoms. The molecule has 4 rings (SSSR count). The van der Waals surface area contributed by atoms with Crippen LogP contribution in [0.25, 0.3) is 11.0 Å². The van der Waals surface area contributed by atoms with Gasteiger partial charge >= 0.3 is 5.69 Å². The third-order valence-corrected chi connectivity index (χ3v) is 6.28. The highest BCUT2D eigenvalue weighted by molar-refractivity contribution is 6.35. The van der Waals surface area contributed by atoms with Gasteiger partial charge in [0.05, 0.1) is 23.2 Å². The summed E-state index contributed by atoms with van der Waals surface area (Å²) >= 11 is 6.30. The summed E-state index contributed by atoms with van der Waals surface area (Å²) in [7, 11) is 3.30. The summed E-state index contributed by atoms with van der Waals surface area (Å²) in [5, 5.41) is 3.54. The zero-order valence-electron chi connectivity index (χ0n) is 17.1. The van der Waals surface area contributed by atoms with Gasteiger partial charge in [-0.2, -0.15) is 0 Å². The van der Waals surface area contributed by atoms with Crippen molar-refractivity contribution in [1.29, 1.82) is 0 Å². The SMILES string of the molecule is COc1cc(NC(=O)C2CCC(Cn3c(=O)n(C)c4c(Cl)cccc43)CC2)ccn1. The fourth-order valence-electron chi connectivity index (χ4n) is 4.32. The van der Waals surface area contributed by atoms with E-state index in [0.717, 1.165) is 36.7 Å². The number of benzene rings is 1. The van der Waals surface area contributed by atoms with Crippen molar-refractivity contribution in [2.75, 3.05) is 12.4 Å². The Kier molecular flexibility index (Phi) is 5.81. The quantitative estimate of drug-likeness (QED) is 0.669. The van der Waals surface area contributed by atoms with Crippen molar-refractivity contribution in [2.24, 2.45) is 18.9 Å². The van der Waals surface area contributed by atoms with E-state index in [1.807, 2.05) is 16.7 Å². The van der Waals surface area contributed by atoms with Gasteiger partial charge < -0.3 is 10.1 Å². The maximum absolute atomic E-state index is 12.7. The summed E-state index contributed by atoms with van der Waals surface area (Å²) in [6, 6.07) is 9.07. The van der Waals surface area contributed by atoms with E-state index in [2.05, 4.69) is 10.3 Å². The Labute approximate surface area is 179 Å². The van der Waals surface area contributed by atoms with Gasteiger partial charge in [0.15, 0.2) is 0 Å². The van der Waals surface area contributed by atoms with Gasteiger partial charge in [0.1, 0.15) is 0 Å². The van der Waals surface area contributed by atoms with Crippen LogP contribution in [0, 0.1) is 11.8 Å². The van der Waals surface area contributed by atoms with E-state index in [1.54, 1.807) is 43.1 Å². The molecule has 7 nitrogen and oxygen atoms in total. The summed E-state index contributed by atoms with van der Waals surface area (Å²) in [5.74, 6) is 0.824. The molecule has 1 saturated carbocycles. The number of methoxy groups -OCH3 is 1. The molecule has 0 radical (unpaired) electrons. The molecule has 1 N–H and O–H groups in total. The number of carbonyl (C=O) groups excluding carboxylic acids is 1. The number of aryl methyl sites for hydroxylation is 1. The zero-order valence-corrected chi connectivity index (χ0v) is 17.9. The van der Waals surface area contributed by atoms with Gasteiger partial charge in [-0.05, 0) is 49.8 Å². The molecule has 3 aromatic rings. The molecule has 158 valence electrons. The number of nitrogens with zero attached hydrogens (tertiary/aromatic N) is 3. The van der Waals surface area contributed by atoms with Crippen LogP contribution in [0.2, 0.25) is 5.02 Å². The molecular formula is C22H25ClN4O3. The first-order chi connectivity index (χ1) is 14.5. The Morgan fingerprint density at radius 1 is 1.27 bits per heavy atom. The van der Waals surface area contributed by atoms with Crippen molar-refractivity contribution in [3.05, 3.63) is 52.0 Å². The number of pyridine rings is 1. The van der Waals surface area contributed by atoms with E-state index in [-0.39, 0.29) is 17.5 Å². The fraction of sp³-hybridized carbons (Fsp3) is 0.409. The summed E-state index contributed by atoms with van der Waals surface area (Å²) in [6.07, 6.45) is 5.03.